The van der Waals surface area contributed by atoms with E-state index in [4.69, 9.17) is 4.74 Å². The molecule has 0 radical (unpaired) electrons. The standard InChI is InChI=1S/C17H24N2O2.ClH/c1-17(2)8-7-14(12-5-3-4-6-13(12)17)19-16(20)15-11-21-10-9-18-15;/h3-6,14-15,18H,7-11H2,1-2H3,(H,19,20);1H. The van der Waals surface area contributed by atoms with Crippen molar-refractivity contribution in [2.45, 2.75) is 44.2 Å². The topological polar surface area (TPSA) is 50.4 Å². The number of ether oxygens (including phenoxy) is 1. The van der Waals surface area contributed by atoms with Crippen LogP contribution in [0.5, 0.6) is 0 Å². The van der Waals surface area contributed by atoms with E-state index in [1.165, 1.54) is 11.1 Å². The van der Waals surface area contributed by atoms with Crippen LogP contribution in [0, 0.1) is 0 Å². The largest absolute Gasteiger partial charge is 0.378 e. The molecule has 1 fully saturated rings. The summed E-state index contributed by atoms with van der Waals surface area (Å²) >= 11 is 0. The molecule has 1 aliphatic carbocycles. The van der Waals surface area contributed by atoms with Crippen LogP contribution in [0.15, 0.2) is 24.3 Å². The van der Waals surface area contributed by atoms with Crippen molar-refractivity contribution in [3.05, 3.63) is 35.4 Å². The summed E-state index contributed by atoms with van der Waals surface area (Å²) in [5.41, 5.74) is 2.80. The highest BCUT2D eigenvalue weighted by atomic mass is 35.5. The molecular formula is C17H25ClN2O2. The highest BCUT2D eigenvalue weighted by molar-refractivity contribution is 5.85. The van der Waals surface area contributed by atoms with Gasteiger partial charge in [-0.2, -0.15) is 0 Å². The lowest BCUT2D eigenvalue weighted by atomic mass is 9.71. The van der Waals surface area contributed by atoms with Gasteiger partial charge >= 0.3 is 0 Å². The van der Waals surface area contributed by atoms with Crippen molar-refractivity contribution in [1.82, 2.24) is 10.6 Å². The van der Waals surface area contributed by atoms with Crippen molar-refractivity contribution < 1.29 is 9.53 Å². The molecule has 0 aromatic heterocycles. The molecule has 3 rings (SSSR count). The zero-order valence-corrected chi connectivity index (χ0v) is 14.0. The molecule has 1 saturated heterocycles. The smallest absolute Gasteiger partial charge is 0.240 e. The van der Waals surface area contributed by atoms with Crippen LogP contribution in [-0.4, -0.2) is 31.7 Å². The third kappa shape index (κ3) is 3.45. The summed E-state index contributed by atoms with van der Waals surface area (Å²) in [7, 11) is 0. The van der Waals surface area contributed by atoms with E-state index in [1.54, 1.807) is 0 Å². The van der Waals surface area contributed by atoms with Crippen LogP contribution in [-0.2, 0) is 14.9 Å². The van der Waals surface area contributed by atoms with Crippen LogP contribution in [0.3, 0.4) is 0 Å². The average molecular weight is 325 g/mol. The molecule has 2 atom stereocenters. The van der Waals surface area contributed by atoms with Gasteiger partial charge in [0.25, 0.3) is 0 Å². The predicted molar refractivity (Wildman–Crippen MR) is 89.4 cm³/mol. The van der Waals surface area contributed by atoms with Gasteiger partial charge in [-0.15, -0.1) is 12.4 Å². The van der Waals surface area contributed by atoms with Crippen LogP contribution in [0.2, 0.25) is 0 Å². The number of amides is 1. The van der Waals surface area contributed by atoms with Crippen LogP contribution in [0.1, 0.15) is 43.9 Å². The van der Waals surface area contributed by atoms with Gasteiger partial charge in [0.05, 0.1) is 19.3 Å². The SMILES string of the molecule is CC1(C)CCC(NC(=O)C2COCCN2)c2ccccc21.Cl. The minimum atomic E-state index is -0.221. The van der Waals surface area contributed by atoms with Gasteiger partial charge in [-0.1, -0.05) is 38.1 Å². The van der Waals surface area contributed by atoms with Crippen molar-refractivity contribution in [1.29, 1.82) is 0 Å². The summed E-state index contributed by atoms with van der Waals surface area (Å²) in [6.45, 7) is 6.45. The first-order valence-corrected chi connectivity index (χ1v) is 7.79. The lowest BCUT2D eigenvalue weighted by Crippen LogP contribution is -2.52. The van der Waals surface area contributed by atoms with E-state index in [0.29, 0.717) is 13.2 Å². The first-order valence-electron chi connectivity index (χ1n) is 7.79. The molecule has 122 valence electrons. The Bertz CT molecular complexity index is 527. The third-order valence-electron chi connectivity index (χ3n) is 4.68. The molecule has 4 nitrogen and oxygen atoms in total. The lowest BCUT2D eigenvalue weighted by molar-refractivity contribution is -0.126. The highest BCUT2D eigenvalue weighted by Gasteiger charge is 2.34. The minimum Gasteiger partial charge on any atom is -0.378 e. The van der Waals surface area contributed by atoms with E-state index in [2.05, 4.69) is 48.7 Å². The third-order valence-corrected chi connectivity index (χ3v) is 4.68. The summed E-state index contributed by atoms with van der Waals surface area (Å²) in [6, 6.07) is 8.37. The molecule has 22 heavy (non-hydrogen) atoms. The van der Waals surface area contributed by atoms with Crippen molar-refractivity contribution >= 4 is 18.3 Å². The van der Waals surface area contributed by atoms with Crippen molar-refractivity contribution in [2.75, 3.05) is 19.8 Å². The average Bonchev–Trinajstić information content (AvgIpc) is 2.51. The molecular weight excluding hydrogens is 300 g/mol. The van der Waals surface area contributed by atoms with Crippen molar-refractivity contribution in [2.24, 2.45) is 0 Å². The quantitative estimate of drug-likeness (QED) is 0.878. The van der Waals surface area contributed by atoms with Crippen LogP contribution < -0.4 is 10.6 Å². The monoisotopic (exact) mass is 324 g/mol. The zero-order chi connectivity index (χ0) is 14.9. The van der Waals surface area contributed by atoms with Crippen LogP contribution in [0.25, 0.3) is 0 Å². The molecule has 0 bridgehead atoms. The summed E-state index contributed by atoms with van der Waals surface area (Å²) in [4.78, 5) is 12.4. The molecule has 2 N–H and O–H groups in total. The van der Waals surface area contributed by atoms with E-state index in [9.17, 15) is 4.79 Å². The Morgan fingerprint density at radius 3 is 2.86 bits per heavy atom. The molecule has 5 heteroatoms. The van der Waals surface area contributed by atoms with E-state index in [1.807, 2.05) is 0 Å². The Labute approximate surface area is 138 Å². The Morgan fingerprint density at radius 1 is 1.36 bits per heavy atom. The molecule has 2 unspecified atom stereocenters. The first-order chi connectivity index (χ1) is 10.1. The molecule has 1 aliphatic heterocycles. The maximum Gasteiger partial charge on any atom is 0.240 e. The fraction of sp³-hybridized carbons (Fsp3) is 0.588. The fourth-order valence-corrected chi connectivity index (χ4v) is 3.37. The molecule has 0 spiro atoms. The number of benzene rings is 1. The second kappa shape index (κ2) is 6.99. The van der Waals surface area contributed by atoms with Gasteiger partial charge in [-0.3, -0.25) is 4.79 Å². The van der Waals surface area contributed by atoms with Gasteiger partial charge in [-0.05, 0) is 29.4 Å². The molecule has 1 aromatic rings. The molecule has 1 heterocycles. The molecule has 2 aliphatic rings. The Hall–Kier alpha value is -1.10. The summed E-state index contributed by atoms with van der Waals surface area (Å²) in [5, 5.41) is 6.41. The number of carbonyl (C=O) groups excluding carboxylic acids is 1. The van der Waals surface area contributed by atoms with E-state index in [0.717, 1.165) is 19.4 Å². The van der Waals surface area contributed by atoms with Gasteiger partial charge in [0, 0.05) is 6.54 Å². The number of morpholine rings is 1. The number of fused-ring (bicyclic) bond motifs is 1. The van der Waals surface area contributed by atoms with Crippen molar-refractivity contribution in [3.63, 3.8) is 0 Å². The Morgan fingerprint density at radius 2 is 2.14 bits per heavy atom. The van der Waals surface area contributed by atoms with Gasteiger partial charge in [0.2, 0.25) is 5.91 Å². The second-order valence-corrected chi connectivity index (χ2v) is 6.65. The number of nitrogens with one attached hydrogen (secondary N) is 2. The number of hydrogen-bond donors (Lipinski definition) is 2. The van der Waals surface area contributed by atoms with E-state index < -0.39 is 0 Å². The van der Waals surface area contributed by atoms with Gasteiger partial charge in [0.15, 0.2) is 0 Å². The predicted octanol–water partition coefficient (Wildman–Crippen LogP) is 2.33. The molecule has 1 aromatic carbocycles. The normalized spacial score (nSPS) is 26.5. The van der Waals surface area contributed by atoms with E-state index in [-0.39, 0.29) is 35.8 Å². The Balaban J connectivity index is 0.00000176. The summed E-state index contributed by atoms with van der Waals surface area (Å²) in [5.74, 6) is 0.0502. The number of rotatable bonds is 2. The van der Waals surface area contributed by atoms with Gasteiger partial charge in [0.1, 0.15) is 6.04 Å². The summed E-state index contributed by atoms with van der Waals surface area (Å²) < 4.78 is 5.37. The van der Waals surface area contributed by atoms with Crippen LogP contribution >= 0.6 is 12.4 Å². The fourth-order valence-electron chi connectivity index (χ4n) is 3.37. The maximum absolute atomic E-state index is 12.4. The number of hydrogen-bond acceptors (Lipinski definition) is 3. The number of halogens is 1. The van der Waals surface area contributed by atoms with Gasteiger partial charge < -0.3 is 15.4 Å². The zero-order valence-electron chi connectivity index (χ0n) is 13.2. The Kier molecular flexibility index (Phi) is 5.48. The van der Waals surface area contributed by atoms with Gasteiger partial charge in [-0.25, -0.2) is 0 Å². The number of carbonyl (C=O) groups is 1. The summed E-state index contributed by atoms with van der Waals surface area (Å²) in [6.07, 6.45) is 2.08. The lowest BCUT2D eigenvalue weighted by Gasteiger charge is -2.38. The molecule has 1 amide bonds. The second-order valence-electron chi connectivity index (χ2n) is 6.65. The van der Waals surface area contributed by atoms with Crippen LogP contribution in [0.4, 0.5) is 0 Å². The maximum atomic E-state index is 12.4. The molecule has 0 saturated carbocycles. The minimum absolute atomic E-state index is 0. The highest BCUT2D eigenvalue weighted by Crippen LogP contribution is 2.41. The first kappa shape index (κ1) is 17.3. The van der Waals surface area contributed by atoms with E-state index >= 15 is 0 Å². The van der Waals surface area contributed by atoms with Crippen molar-refractivity contribution in [3.8, 4) is 0 Å².